The Morgan fingerprint density at radius 2 is 2.04 bits per heavy atom. The lowest BCUT2D eigenvalue weighted by molar-refractivity contribution is -0.125. The number of halogens is 1. The minimum Gasteiger partial charge on any atom is -0.452 e. The van der Waals surface area contributed by atoms with Crippen LogP contribution in [0.5, 0.6) is 0 Å². The molecule has 1 aliphatic carbocycles. The van der Waals surface area contributed by atoms with E-state index in [-0.39, 0.29) is 30.0 Å². The van der Waals surface area contributed by atoms with E-state index in [0.717, 1.165) is 25.7 Å². The molecule has 1 heterocycles. The Morgan fingerprint density at radius 1 is 1.26 bits per heavy atom. The van der Waals surface area contributed by atoms with E-state index < -0.39 is 5.97 Å². The number of anilines is 1. The fraction of sp³-hybridized carbons (Fsp3) is 0.550. The lowest BCUT2D eigenvalue weighted by atomic mass is 9.86. The normalized spacial score (nSPS) is 22.6. The Kier molecular flexibility index (Phi) is 6.37. The summed E-state index contributed by atoms with van der Waals surface area (Å²) in [6.45, 7) is 2.40. The molecule has 6 nitrogen and oxygen atoms in total. The van der Waals surface area contributed by atoms with Gasteiger partial charge in [0, 0.05) is 19.0 Å². The second kappa shape index (κ2) is 8.74. The second-order valence-corrected chi connectivity index (χ2v) is 7.73. The zero-order chi connectivity index (χ0) is 19.4. The summed E-state index contributed by atoms with van der Waals surface area (Å²) in [6.07, 6.45) is 5.62. The van der Waals surface area contributed by atoms with E-state index in [1.54, 1.807) is 17.0 Å². The molecule has 146 valence electrons. The number of nitrogens with one attached hydrogen (secondary N) is 1. The van der Waals surface area contributed by atoms with Crippen LogP contribution in [0.2, 0.25) is 5.02 Å². The van der Waals surface area contributed by atoms with Gasteiger partial charge in [-0.15, -0.1) is 0 Å². The number of hydrogen-bond donors (Lipinski definition) is 1. The topological polar surface area (TPSA) is 75.7 Å². The number of esters is 1. The quantitative estimate of drug-likeness (QED) is 0.780. The summed E-state index contributed by atoms with van der Waals surface area (Å²) in [5.74, 6) is -0.462. The SMILES string of the molecule is C[C@H]1CCCC[C@H]1NC(=O)COC(=O)c1ccc(Cl)c(N2CCCC2=O)c1. The third-order valence-electron chi connectivity index (χ3n) is 5.34. The van der Waals surface area contributed by atoms with Crippen LogP contribution in [0.1, 0.15) is 55.8 Å². The highest BCUT2D eigenvalue weighted by Gasteiger charge is 2.25. The lowest BCUT2D eigenvalue weighted by Crippen LogP contribution is -2.42. The fourth-order valence-electron chi connectivity index (χ4n) is 3.74. The fourth-order valence-corrected chi connectivity index (χ4v) is 3.96. The van der Waals surface area contributed by atoms with E-state index in [4.69, 9.17) is 16.3 Å². The number of ether oxygens (including phenoxy) is 1. The summed E-state index contributed by atoms with van der Waals surface area (Å²) in [6, 6.07) is 4.81. The van der Waals surface area contributed by atoms with Gasteiger partial charge in [-0.25, -0.2) is 4.79 Å². The monoisotopic (exact) mass is 392 g/mol. The standard InChI is InChI=1S/C20H25ClN2O4/c1-13-5-2-3-6-16(13)22-18(24)12-27-20(26)14-8-9-15(21)17(11-14)23-10-4-7-19(23)25/h8-9,11,13,16H,2-7,10,12H2,1H3,(H,22,24)/t13-,16+/m0/s1. The number of amides is 2. The van der Waals surface area contributed by atoms with E-state index >= 15 is 0 Å². The van der Waals surface area contributed by atoms with Crippen LogP contribution in [-0.4, -0.2) is 37.0 Å². The Hall–Kier alpha value is -2.08. The van der Waals surface area contributed by atoms with Crippen molar-refractivity contribution in [3.8, 4) is 0 Å². The molecule has 1 saturated heterocycles. The van der Waals surface area contributed by atoms with Gasteiger partial charge in [-0.3, -0.25) is 9.59 Å². The summed E-state index contributed by atoms with van der Waals surface area (Å²) in [7, 11) is 0. The third-order valence-corrected chi connectivity index (χ3v) is 5.66. The summed E-state index contributed by atoms with van der Waals surface area (Å²) in [5.41, 5.74) is 0.780. The van der Waals surface area contributed by atoms with Gasteiger partial charge in [0.1, 0.15) is 0 Å². The van der Waals surface area contributed by atoms with Gasteiger partial charge < -0.3 is 15.0 Å². The molecule has 27 heavy (non-hydrogen) atoms. The Labute approximate surface area is 164 Å². The van der Waals surface area contributed by atoms with Gasteiger partial charge in [0.2, 0.25) is 5.91 Å². The molecule has 0 unspecified atom stereocenters. The molecule has 3 rings (SSSR count). The molecule has 0 radical (unpaired) electrons. The molecule has 2 fully saturated rings. The van der Waals surface area contributed by atoms with Gasteiger partial charge in [-0.2, -0.15) is 0 Å². The first-order chi connectivity index (χ1) is 13.0. The predicted octanol–water partition coefficient (Wildman–Crippen LogP) is 3.32. The number of rotatable bonds is 5. The highest BCUT2D eigenvalue weighted by Crippen LogP contribution is 2.30. The Balaban J connectivity index is 1.57. The van der Waals surface area contributed by atoms with Crippen LogP contribution in [0.15, 0.2) is 18.2 Å². The van der Waals surface area contributed by atoms with Crippen LogP contribution >= 0.6 is 11.6 Å². The first kappa shape index (κ1) is 19.7. The molecule has 1 saturated carbocycles. The molecular formula is C20H25ClN2O4. The smallest absolute Gasteiger partial charge is 0.338 e. The summed E-state index contributed by atoms with van der Waals surface area (Å²) in [5, 5.41) is 3.36. The molecule has 1 aliphatic heterocycles. The van der Waals surface area contributed by atoms with Crippen molar-refractivity contribution in [3.05, 3.63) is 28.8 Å². The van der Waals surface area contributed by atoms with Crippen molar-refractivity contribution >= 4 is 35.1 Å². The average Bonchev–Trinajstić information content (AvgIpc) is 3.08. The summed E-state index contributed by atoms with van der Waals surface area (Å²) < 4.78 is 5.15. The van der Waals surface area contributed by atoms with Crippen molar-refractivity contribution in [1.82, 2.24) is 5.32 Å². The zero-order valence-electron chi connectivity index (χ0n) is 15.5. The zero-order valence-corrected chi connectivity index (χ0v) is 16.3. The van der Waals surface area contributed by atoms with Crippen molar-refractivity contribution in [2.45, 2.75) is 51.5 Å². The number of benzene rings is 1. The van der Waals surface area contributed by atoms with E-state index in [0.29, 0.717) is 29.6 Å². The second-order valence-electron chi connectivity index (χ2n) is 7.33. The van der Waals surface area contributed by atoms with Gasteiger partial charge in [-0.1, -0.05) is 31.4 Å². The van der Waals surface area contributed by atoms with Crippen LogP contribution in [0.25, 0.3) is 0 Å². The van der Waals surface area contributed by atoms with E-state index in [1.807, 2.05) is 0 Å². The van der Waals surface area contributed by atoms with Gasteiger partial charge in [0.15, 0.2) is 6.61 Å². The largest absolute Gasteiger partial charge is 0.452 e. The van der Waals surface area contributed by atoms with Crippen molar-refractivity contribution in [1.29, 1.82) is 0 Å². The molecule has 0 bridgehead atoms. The molecule has 0 spiro atoms. The van der Waals surface area contributed by atoms with Crippen molar-refractivity contribution < 1.29 is 19.1 Å². The average molecular weight is 393 g/mol. The number of carbonyl (C=O) groups is 3. The van der Waals surface area contributed by atoms with Crippen LogP contribution < -0.4 is 10.2 Å². The van der Waals surface area contributed by atoms with Crippen LogP contribution in [-0.2, 0) is 14.3 Å². The number of carbonyl (C=O) groups excluding carboxylic acids is 3. The van der Waals surface area contributed by atoms with Gasteiger partial charge in [0.25, 0.3) is 5.91 Å². The van der Waals surface area contributed by atoms with E-state index in [9.17, 15) is 14.4 Å². The molecule has 2 atom stereocenters. The first-order valence-electron chi connectivity index (χ1n) is 9.52. The molecule has 2 aliphatic rings. The van der Waals surface area contributed by atoms with Gasteiger partial charge >= 0.3 is 5.97 Å². The van der Waals surface area contributed by atoms with Crippen LogP contribution in [0, 0.1) is 5.92 Å². The summed E-state index contributed by atoms with van der Waals surface area (Å²) in [4.78, 5) is 37.9. The maximum absolute atomic E-state index is 12.3. The molecular weight excluding hydrogens is 368 g/mol. The van der Waals surface area contributed by atoms with Gasteiger partial charge in [0.05, 0.1) is 16.3 Å². The van der Waals surface area contributed by atoms with Crippen molar-refractivity contribution in [2.75, 3.05) is 18.1 Å². The molecule has 7 heteroatoms. The number of nitrogens with zero attached hydrogens (tertiary/aromatic N) is 1. The molecule has 1 aromatic rings. The van der Waals surface area contributed by atoms with Crippen molar-refractivity contribution in [2.24, 2.45) is 5.92 Å². The van der Waals surface area contributed by atoms with E-state index in [1.165, 1.54) is 12.5 Å². The molecule has 0 aromatic heterocycles. The van der Waals surface area contributed by atoms with Gasteiger partial charge in [-0.05, 0) is 43.4 Å². The maximum atomic E-state index is 12.3. The van der Waals surface area contributed by atoms with E-state index in [2.05, 4.69) is 12.2 Å². The maximum Gasteiger partial charge on any atom is 0.338 e. The Bertz CT molecular complexity index is 737. The first-order valence-corrected chi connectivity index (χ1v) is 9.90. The molecule has 1 N–H and O–H groups in total. The Morgan fingerprint density at radius 3 is 2.74 bits per heavy atom. The highest BCUT2D eigenvalue weighted by molar-refractivity contribution is 6.34. The van der Waals surface area contributed by atoms with Crippen molar-refractivity contribution in [3.63, 3.8) is 0 Å². The van der Waals surface area contributed by atoms with Crippen LogP contribution in [0.3, 0.4) is 0 Å². The molecule has 2 amide bonds. The minimum atomic E-state index is -0.605. The third kappa shape index (κ3) is 4.80. The predicted molar refractivity (Wildman–Crippen MR) is 103 cm³/mol. The lowest BCUT2D eigenvalue weighted by Gasteiger charge is -2.29. The number of hydrogen-bond acceptors (Lipinski definition) is 4. The summed E-state index contributed by atoms with van der Waals surface area (Å²) >= 11 is 6.19. The highest BCUT2D eigenvalue weighted by atomic mass is 35.5. The molecule has 1 aromatic carbocycles. The van der Waals surface area contributed by atoms with Crippen LogP contribution in [0.4, 0.5) is 5.69 Å². The minimum absolute atomic E-state index is 0.0107.